The van der Waals surface area contributed by atoms with Crippen LogP contribution in [0.15, 0.2) is 12.1 Å². The van der Waals surface area contributed by atoms with E-state index in [0.29, 0.717) is 17.9 Å². The van der Waals surface area contributed by atoms with Crippen molar-refractivity contribution in [2.75, 3.05) is 13.7 Å². The minimum atomic E-state index is -1.06. The number of esters is 2. The Morgan fingerprint density at radius 3 is 1.71 bits per heavy atom. The third-order valence-electron chi connectivity index (χ3n) is 6.59. The van der Waals surface area contributed by atoms with Crippen molar-refractivity contribution in [3.8, 4) is 11.5 Å². The molecule has 0 aliphatic heterocycles. The minimum absolute atomic E-state index is 0.0346. The lowest BCUT2D eigenvalue weighted by Gasteiger charge is -2.34. The van der Waals surface area contributed by atoms with Crippen LogP contribution in [0.5, 0.6) is 11.5 Å². The van der Waals surface area contributed by atoms with Gasteiger partial charge >= 0.3 is 11.9 Å². The number of rotatable bonds is 11. The lowest BCUT2D eigenvalue weighted by Crippen LogP contribution is -2.50. The Bertz CT molecular complexity index is 1090. The van der Waals surface area contributed by atoms with Gasteiger partial charge in [0.05, 0.1) is 7.11 Å². The van der Waals surface area contributed by atoms with Gasteiger partial charge in [-0.1, -0.05) is 55.4 Å². The zero-order chi connectivity index (χ0) is 32.8. The topological polar surface area (TPSA) is 111 Å². The average Bonchev–Trinajstić information content (AvgIpc) is 2.79. The molecule has 0 fully saturated rings. The number of hydrogen-bond donors (Lipinski definition) is 1. The molecule has 1 N–H and O–H groups in total. The van der Waals surface area contributed by atoms with Crippen molar-refractivity contribution < 1.29 is 33.4 Å². The quantitative estimate of drug-likeness (QED) is 0.260. The van der Waals surface area contributed by atoms with Crippen LogP contribution >= 0.6 is 0 Å². The first-order chi connectivity index (χ1) is 19.0. The van der Waals surface area contributed by atoms with Crippen LogP contribution in [0, 0.1) is 5.92 Å². The van der Waals surface area contributed by atoms with E-state index in [4.69, 9.17) is 14.2 Å². The van der Waals surface area contributed by atoms with Crippen LogP contribution < -0.4 is 14.8 Å². The number of nitrogens with one attached hydrogen (secondary N) is 1. The molecule has 0 bridgehead atoms. The molecule has 0 aromatic heterocycles. The third-order valence-corrected chi connectivity index (χ3v) is 6.59. The molecule has 0 spiro atoms. The molecule has 238 valence electrons. The van der Waals surface area contributed by atoms with Crippen LogP contribution in [0.3, 0.4) is 0 Å². The number of carbonyl (C=O) groups excluding carboxylic acids is 4. The van der Waals surface area contributed by atoms with Crippen molar-refractivity contribution in [2.24, 2.45) is 5.92 Å². The molecule has 0 aliphatic rings. The average molecular weight is 591 g/mol. The number of amides is 2. The van der Waals surface area contributed by atoms with Crippen molar-refractivity contribution in [3.05, 3.63) is 23.3 Å². The van der Waals surface area contributed by atoms with E-state index in [1.165, 1.54) is 18.7 Å². The molecular weight excluding hydrogens is 536 g/mol. The minimum Gasteiger partial charge on any atom is -0.497 e. The maximum atomic E-state index is 13.7. The first-order valence-electron chi connectivity index (χ1n) is 14.7. The number of methoxy groups -OCH3 is 1. The van der Waals surface area contributed by atoms with Crippen LogP contribution in [0.4, 0.5) is 0 Å². The van der Waals surface area contributed by atoms with Gasteiger partial charge in [0.1, 0.15) is 29.2 Å². The van der Waals surface area contributed by atoms with E-state index >= 15 is 0 Å². The number of benzene rings is 1. The Morgan fingerprint density at radius 2 is 1.36 bits per heavy atom. The molecule has 1 aromatic rings. The fraction of sp³-hybridized carbons (Fsp3) is 0.697. The summed E-state index contributed by atoms with van der Waals surface area (Å²) in [6.07, 6.45) is 0.431. The van der Waals surface area contributed by atoms with E-state index in [0.717, 1.165) is 11.1 Å². The highest BCUT2D eigenvalue weighted by Crippen LogP contribution is 2.42. The van der Waals surface area contributed by atoms with Crippen LogP contribution in [0.25, 0.3) is 0 Å². The summed E-state index contributed by atoms with van der Waals surface area (Å²) in [6.45, 7) is 24.1. The number of hydrogen-bond acceptors (Lipinski definition) is 7. The monoisotopic (exact) mass is 590 g/mol. The molecule has 1 aromatic carbocycles. The van der Waals surface area contributed by atoms with E-state index in [-0.39, 0.29) is 24.8 Å². The number of carbonyl (C=O) groups is 4. The van der Waals surface area contributed by atoms with Crippen molar-refractivity contribution in [2.45, 2.75) is 131 Å². The Kier molecular flexibility index (Phi) is 12.6. The lowest BCUT2D eigenvalue weighted by atomic mass is 9.79. The maximum Gasteiger partial charge on any atom is 0.334 e. The summed E-state index contributed by atoms with van der Waals surface area (Å²) in [5.74, 6) is -0.743. The van der Waals surface area contributed by atoms with Crippen LogP contribution in [0.1, 0.15) is 114 Å². The zero-order valence-electron chi connectivity index (χ0n) is 28.3. The summed E-state index contributed by atoms with van der Waals surface area (Å²) in [5, 5.41) is 2.69. The van der Waals surface area contributed by atoms with Gasteiger partial charge in [0, 0.05) is 31.5 Å². The van der Waals surface area contributed by atoms with Gasteiger partial charge in [0.25, 0.3) is 0 Å². The Balaban J connectivity index is 3.50. The lowest BCUT2D eigenvalue weighted by molar-refractivity contribution is -0.165. The highest BCUT2D eigenvalue weighted by atomic mass is 16.6. The smallest absolute Gasteiger partial charge is 0.334 e. The summed E-state index contributed by atoms with van der Waals surface area (Å²) >= 11 is 0. The molecule has 42 heavy (non-hydrogen) atoms. The largest absolute Gasteiger partial charge is 0.497 e. The predicted molar refractivity (Wildman–Crippen MR) is 165 cm³/mol. The van der Waals surface area contributed by atoms with E-state index in [2.05, 4.69) is 5.32 Å². The second-order valence-corrected chi connectivity index (χ2v) is 14.4. The van der Waals surface area contributed by atoms with Crippen LogP contribution in [-0.4, -0.2) is 60.0 Å². The predicted octanol–water partition coefficient (Wildman–Crippen LogP) is 5.70. The maximum absolute atomic E-state index is 13.7. The summed E-state index contributed by atoms with van der Waals surface area (Å²) in [7, 11) is 1.59. The second kappa shape index (κ2) is 14.4. The molecule has 2 unspecified atom stereocenters. The fourth-order valence-corrected chi connectivity index (χ4v) is 4.58. The summed E-state index contributed by atoms with van der Waals surface area (Å²) < 4.78 is 17.3. The van der Waals surface area contributed by atoms with Gasteiger partial charge in [-0.25, -0.2) is 9.59 Å². The highest BCUT2D eigenvalue weighted by molar-refractivity contribution is 5.86. The molecule has 2 amide bonds. The molecule has 0 saturated carbocycles. The van der Waals surface area contributed by atoms with Crippen LogP contribution in [-0.2, 0) is 34.7 Å². The molecule has 9 nitrogen and oxygen atoms in total. The second-order valence-electron chi connectivity index (χ2n) is 14.4. The van der Waals surface area contributed by atoms with E-state index in [1.54, 1.807) is 27.9 Å². The van der Waals surface area contributed by atoms with Crippen molar-refractivity contribution >= 4 is 23.8 Å². The SMILES string of the molecule is COc1cc(C(C)(C)C)c(OC(=O)C(CCN(C(C)=O)C(CC(C)C)C(=O)OC(C)(C)C)NC(C)=O)c(C(C)(C)C)c1. The van der Waals surface area contributed by atoms with E-state index in [1.807, 2.05) is 67.5 Å². The van der Waals surface area contributed by atoms with E-state index in [9.17, 15) is 19.2 Å². The van der Waals surface area contributed by atoms with Crippen molar-refractivity contribution in [1.29, 1.82) is 0 Å². The molecule has 0 aliphatic carbocycles. The molecule has 1 rings (SSSR count). The molecular formula is C33H54N2O7. The highest BCUT2D eigenvalue weighted by Gasteiger charge is 2.35. The van der Waals surface area contributed by atoms with Gasteiger partial charge in [0.15, 0.2) is 0 Å². The zero-order valence-corrected chi connectivity index (χ0v) is 28.3. The van der Waals surface area contributed by atoms with Gasteiger partial charge < -0.3 is 24.4 Å². The normalized spacial score (nSPS) is 13.7. The van der Waals surface area contributed by atoms with Gasteiger partial charge in [-0.05, 0) is 62.5 Å². The van der Waals surface area contributed by atoms with Gasteiger partial charge in [-0.15, -0.1) is 0 Å². The number of ether oxygens (including phenoxy) is 3. The Morgan fingerprint density at radius 1 is 0.857 bits per heavy atom. The first-order valence-corrected chi connectivity index (χ1v) is 14.7. The molecule has 9 heteroatoms. The Labute approximate surface area is 253 Å². The fourth-order valence-electron chi connectivity index (χ4n) is 4.58. The number of nitrogens with zero attached hydrogens (tertiary/aromatic N) is 1. The van der Waals surface area contributed by atoms with Gasteiger partial charge in [-0.3, -0.25) is 9.59 Å². The van der Waals surface area contributed by atoms with Gasteiger partial charge in [-0.2, -0.15) is 0 Å². The molecule has 0 saturated heterocycles. The third kappa shape index (κ3) is 11.3. The van der Waals surface area contributed by atoms with Crippen molar-refractivity contribution in [1.82, 2.24) is 10.2 Å². The van der Waals surface area contributed by atoms with Gasteiger partial charge in [0.2, 0.25) is 11.8 Å². The summed E-state index contributed by atoms with van der Waals surface area (Å²) in [6, 6.07) is 1.82. The molecule has 0 radical (unpaired) electrons. The molecule has 2 atom stereocenters. The van der Waals surface area contributed by atoms with Crippen LogP contribution in [0.2, 0.25) is 0 Å². The van der Waals surface area contributed by atoms with Crippen molar-refractivity contribution in [3.63, 3.8) is 0 Å². The standard InChI is InChI=1S/C33H54N2O7/c1-20(2)17-27(30(39)42-33(11,12)13)35(22(4)37)16-15-26(34-21(3)36)29(38)41-28-24(31(5,6)7)18-23(40-14)19-25(28)32(8,9)10/h18-20,26-27H,15-17H2,1-14H3,(H,34,36). The summed E-state index contributed by atoms with van der Waals surface area (Å²) in [4.78, 5) is 53.3. The molecule has 0 heterocycles. The first kappa shape index (κ1) is 36.9. The Hall–Kier alpha value is -3.10. The summed E-state index contributed by atoms with van der Waals surface area (Å²) in [5.41, 5.74) is 0.0566. The van der Waals surface area contributed by atoms with E-state index < -0.39 is 46.4 Å².